The molecule has 1 atom stereocenters. The van der Waals surface area contributed by atoms with Gasteiger partial charge in [-0.05, 0) is 31.4 Å². The van der Waals surface area contributed by atoms with Crippen LogP contribution in [0, 0.1) is 19.8 Å². The summed E-state index contributed by atoms with van der Waals surface area (Å²) in [5.74, 6) is 1.49. The number of aryl methyl sites for hydroxylation is 1. The van der Waals surface area contributed by atoms with Crippen molar-refractivity contribution >= 4 is 29.9 Å². The molecule has 0 amide bonds. The Morgan fingerprint density at radius 2 is 1.74 bits per heavy atom. The first-order valence-electron chi connectivity index (χ1n) is 11.8. The summed E-state index contributed by atoms with van der Waals surface area (Å²) in [6.07, 6.45) is 1.13. The van der Waals surface area contributed by atoms with E-state index in [-0.39, 0.29) is 24.0 Å². The highest BCUT2D eigenvalue weighted by Gasteiger charge is 2.25. The average Bonchev–Trinajstić information content (AvgIpc) is 3.41. The van der Waals surface area contributed by atoms with E-state index < -0.39 is 0 Å². The first kappa shape index (κ1) is 26.2. The number of nitrogens with zero attached hydrogens (tertiary/aromatic N) is 4. The number of halogens is 1. The zero-order valence-corrected chi connectivity index (χ0v) is 22.7. The van der Waals surface area contributed by atoms with E-state index in [1.807, 2.05) is 19.2 Å². The monoisotopic (exact) mass is 573 g/mol. The number of rotatable bonds is 8. The van der Waals surface area contributed by atoms with Crippen LogP contribution in [-0.4, -0.2) is 47.4 Å². The minimum Gasteiger partial charge on any atom is -0.376 e. The molecule has 3 aromatic rings. The van der Waals surface area contributed by atoms with Gasteiger partial charge in [-0.25, -0.2) is 0 Å². The standard InChI is InChI=1S/C27H35N5O.HI/c1-21-26(22(2)32(30-21)18-23-10-6-4-7-11-23)16-29-27(28-3)31-15-14-25(17-31)20-33-19-24-12-8-5-9-13-24;/h4-13,25H,14-20H2,1-3H3,(H,28,29);1H. The van der Waals surface area contributed by atoms with E-state index in [0.717, 1.165) is 50.9 Å². The topological polar surface area (TPSA) is 54.7 Å². The SMILES string of the molecule is CN=C(NCc1c(C)nn(Cc2ccccc2)c1C)N1CCC(COCc2ccccc2)C1.I. The van der Waals surface area contributed by atoms with Crippen LogP contribution < -0.4 is 5.32 Å². The number of guanidine groups is 1. The first-order valence-corrected chi connectivity index (χ1v) is 11.8. The van der Waals surface area contributed by atoms with Gasteiger partial charge in [-0.2, -0.15) is 5.10 Å². The van der Waals surface area contributed by atoms with E-state index in [2.05, 4.69) is 82.3 Å². The normalized spacial score (nSPS) is 15.9. The van der Waals surface area contributed by atoms with Gasteiger partial charge in [0, 0.05) is 43.9 Å². The van der Waals surface area contributed by atoms with Crippen molar-refractivity contribution in [2.75, 3.05) is 26.7 Å². The van der Waals surface area contributed by atoms with Gasteiger partial charge < -0.3 is 15.0 Å². The summed E-state index contributed by atoms with van der Waals surface area (Å²) in [5, 5.41) is 8.35. The molecule has 2 heterocycles. The number of ether oxygens (including phenoxy) is 1. The summed E-state index contributed by atoms with van der Waals surface area (Å²) >= 11 is 0. The van der Waals surface area contributed by atoms with E-state index >= 15 is 0 Å². The number of aromatic nitrogens is 2. The van der Waals surface area contributed by atoms with Gasteiger partial charge in [-0.1, -0.05) is 60.7 Å². The lowest BCUT2D eigenvalue weighted by Crippen LogP contribution is -2.40. The first-order chi connectivity index (χ1) is 16.1. The molecule has 1 aliphatic heterocycles. The van der Waals surface area contributed by atoms with E-state index in [9.17, 15) is 0 Å². The van der Waals surface area contributed by atoms with Crippen LogP contribution in [0.15, 0.2) is 65.7 Å². The van der Waals surface area contributed by atoms with E-state index in [4.69, 9.17) is 9.84 Å². The Balaban J connectivity index is 0.00000324. The fourth-order valence-corrected chi connectivity index (χ4v) is 4.48. The minimum atomic E-state index is 0. The van der Waals surface area contributed by atoms with Crippen LogP contribution >= 0.6 is 24.0 Å². The van der Waals surface area contributed by atoms with Crippen LogP contribution in [0.5, 0.6) is 0 Å². The zero-order chi connectivity index (χ0) is 23.0. The molecule has 182 valence electrons. The molecule has 1 N–H and O–H groups in total. The molecule has 0 spiro atoms. The number of nitrogens with one attached hydrogen (secondary N) is 1. The number of benzene rings is 2. The maximum Gasteiger partial charge on any atom is 0.193 e. The van der Waals surface area contributed by atoms with Gasteiger partial charge >= 0.3 is 0 Å². The minimum absolute atomic E-state index is 0. The van der Waals surface area contributed by atoms with Crippen molar-refractivity contribution in [3.05, 3.63) is 88.7 Å². The van der Waals surface area contributed by atoms with Crippen LogP contribution in [0.3, 0.4) is 0 Å². The molecule has 4 rings (SSSR count). The van der Waals surface area contributed by atoms with Crippen molar-refractivity contribution in [1.29, 1.82) is 0 Å². The van der Waals surface area contributed by atoms with Gasteiger partial charge in [-0.15, -0.1) is 24.0 Å². The highest BCUT2D eigenvalue weighted by Crippen LogP contribution is 2.19. The smallest absolute Gasteiger partial charge is 0.193 e. The molecule has 1 unspecified atom stereocenters. The van der Waals surface area contributed by atoms with Crippen molar-refractivity contribution in [1.82, 2.24) is 20.0 Å². The summed E-state index contributed by atoms with van der Waals surface area (Å²) in [6, 6.07) is 20.8. The number of likely N-dealkylation sites (tertiary alicyclic amines) is 1. The van der Waals surface area contributed by atoms with Crippen molar-refractivity contribution in [3.8, 4) is 0 Å². The quantitative estimate of drug-likeness (QED) is 0.240. The zero-order valence-electron chi connectivity index (χ0n) is 20.4. The number of hydrogen-bond acceptors (Lipinski definition) is 3. The van der Waals surface area contributed by atoms with Crippen LogP contribution in [0.4, 0.5) is 0 Å². The third kappa shape index (κ3) is 6.82. The number of hydrogen-bond donors (Lipinski definition) is 1. The second-order valence-electron chi connectivity index (χ2n) is 8.79. The molecule has 1 saturated heterocycles. The lowest BCUT2D eigenvalue weighted by atomic mass is 10.1. The van der Waals surface area contributed by atoms with E-state index in [1.54, 1.807) is 0 Å². The number of aliphatic imine (C=N–C) groups is 1. The molecule has 1 aliphatic rings. The molecule has 7 heteroatoms. The van der Waals surface area contributed by atoms with Gasteiger partial charge in [0.15, 0.2) is 5.96 Å². The highest BCUT2D eigenvalue weighted by atomic mass is 127. The molecule has 1 fully saturated rings. The van der Waals surface area contributed by atoms with Crippen molar-refractivity contribution in [2.24, 2.45) is 10.9 Å². The summed E-state index contributed by atoms with van der Waals surface area (Å²) < 4.78 is 8.08. The second-order valence-corrected chi connectivity index (χ2v) is 8.79. The summed E-state index contributed by atoms with van der Waals surface area (Å²) in [4.78, 5) is 6.89. The Bertz CT molecular complexity index is 1050. The van der Waals surface area contributed by atoms with Crippen LogP contribution in [0.1, 0.15) is 34.5 Å². The summed E-state index contributed by atoms with van der Waals surface area (Å²) in [5.41, 5.74) is 6.00. The van der Waals surface area contributed by atoms with E-state index in [1.165, 1.54) is 22.4 Å². The molecular weight excluding hydrogens is 537 g/mol. The Labute approximate surface area is 220 Å². The molecule has 34 heavy (non-hydrogen) atoms. The van der Waals surface area contributed by atoms with Crippen molar-refractivity contribution < 1.29 is 4.74 Å². The molecule has 1 aromatic heterocycles. The van der Waals surface area contributed by atoms with Gasteiger partial charge in [0.2, 0.25) is 0 Å². The molecule has 0 radical (unpaired) electrons. The molecule has 0 bridgehead atoms. The summed E-state index contributed by atoms with van der Waals surface area (Å²) in [7, 11) is 1.86. The Kier molecular flexibility index (Phi) is 9.95. The van der Waals surface area contributed by atoms with Gasteiger partial charge in [0.05, 0.1) is 25.5 Å². The van der Waals surface area contributed by atoms with Crippen LogP contribution in [0.2, 0.25) is 0 Å². The third-order valence-corrected chi connectivity index (χ3v) is 6.39. The Morgan fingerprint density at radius 3 is 2.41 bits per heavy atom. The van der Waals surface area contributed by atoms with Crippen LogP contribution in [-0.2, 0) is 24.4 Å². The average molecular weight is 574 g/mol. The fraction of sp³-hybridized carbons (Fsp3) is 0.407. The Hall–Kier alpha value is -2.39. The maximum absolute atomic E-state index is 5.98. The molecule has 0 aliphatic carbocycles. The van der Waals surface area contributed by atoms with Crippen LogP contribution in [0.25, 0.3) is 0 Å². The van der Waals surface area contributed by atoms with E-state index in [0.29, 0.717) is 12.5 Å². The lowest BCUT2D eigenvalue weighted by Gasteiger charge is -2.22. The summed E-state index contributed by atoms with van der Waals surface area (Å²) in [6.45, 7) is 9.19. The largest absolute Gasteiger partial charge is 0.376 e. The lowest BCUT2D eigenvalue weighted by molar-refractivity contribution is 0.0906. The van der Waals surface area contributed by atoms with Crippen molar-refractivity contribution in [2.45, 2.75) is 40.0 Å². The molecule has 2 aromatic carbocycles. The van der Waals surface area contributed by atoms with Gasteiger partial charge in [-0.3, -0.25) is 9.67 Å². The predicted octanol–water partition coefficient (Wildman–Crippen LogP) is 4.78. The highest BCUT2D eigenvalue weighted by molar-refractivity contribution is 14.0. The predicted molar refractivity (Wildman–Crippen MR) is 149 cm³/mol. The van der Waals surface area contributed by atoms with Crippen molar-refractivity contribution in [3.63, 3.8) is 0 Å². The third-order valence-electron chi connectivity index (χ3n) is 6.39. The molecule has 0 saturated carbocycles. The second kappa shape index (κ2) is 12.9. The maximum atomic E-state index is 5.98. The van der Waals surface area contributed by atoms with Gasteiger partial charge in [0.1, 0.15) is 0 Å². The van der Waals surface area contributed by atoms with Gasteiger partial charge in [0.25, 0.3) is 0 Å². The molecule has 6 nitrogen and oxygen atoms in total. The Morgan fingerprint density at radius 1 is 1.06 bits per heavy atom. The molecular formula is C27H36IN5O. The fourth-order valence-electron chi connectivity index (χ4n) is 4.48.